The SMILES string of the molecule is CCCCCCCC(Br)Cc1cc(OC)ncn1. The minimum absolute atomic E-state index is 0.499. The van der Waals surface area contributed by atoms with E-state index in [1.165, 1.54) is 38.5 Å². The van der Waals surface area contributed by atoms with E-state index in [0.29, 0.717) is 10.7 Å². The molecule has 1 aromatic rings. The maximum atomic E-state index is 5.10. The molecule has 0 aliphatic heterocycles. The maximum Gasteiger partial charge on any atom is 0.216 e. The molecule has 0 aliphatic rings. The Kier molecular flexibility index (Phi) is 7.98. The van der Waals surface area contributed by atoms with Crippen LogP contribution in [0.5, 0.6) is 5.88 Å². The van der Waals surface area contributed by atoms with E-state index in [-0.39, 0.29) is 0 Å². The van der Waals surface area contributed by atoms with Crippen LogP contribution in [0.15, 0.2) is 12.4 Å². The van der Waals surface area contributed by atoms with Crippen molar-refractivity contribution in [3.05, 3.63) is 18.1 Å². The zero-order chi connectivity index (χ0) is 13.2. The van der Waals surface area contributed by atoms with Crippen LogP contribution in [0.1, 0.15) is 51.1 Å². The van der Waals surface area contributed by atoms with E-state index >= 15 is 0 Å². The first-order valence-electron chi connectivity index (χ1n) is 6.75. The summed E-state index contributed by atoms with van der Waals surface area (Å²) in [5, 5.41) is 0. The molecular formula is C14H23BrN2O. The van der Waals surface area contributed by atoms with Crippen molar-refractivity contribution in [1.82, 2.24) is 9.97 Å². The summed E-state index contributed by atoms with van der Waals surface area (Å²) in [5.41, 5.74) is 1.04. The summed E-state index contributed by atoms with van der Waals surface area (Å²) in [6.45, 7) is 2.25. The van der Waals surface area contributed by atoms with E-state index in [0.717, 1.165) is 12.1 Å². The molecule has 0 radical (unpaired) electrons. The highest BCUT2D eigenvalue weighted by molar-refractivity contribution is 9.09. The Morgan fingerprint density at radius 2 is 2.00 bits per heavy atom. The number of hydrogen-bond acceptors (Lipinski definition) is 3. The van der Waals surface area contributed by atoms with Crippen molar-refractivity contribution in [3.63, 3.8) is 0 Å². The second kappa shape index (κ2) is 9.31. The second-order valence-electron chi connectivity index (χ2n) is 4.56. The smallest absolute Gasteiger partial charge is 0.216 e. The predicted octanol–water partition coefficient (Wildman–Crippen LogP) is 4.15. The first-order valence-corrected chi connectivity index (χ1v) is 7.66. The van der Waals surface area contributed by atoms with Gasteiger partial charge in [0.1, 0.15) is 6.33 Å². The van der Waals surface area contributed by atoms with E-state index in [1.807, 2.05) is 6.07 Å². The van der Waals surface area contributed by atoms with Crippen LogP contribution in [0.25, 0.3) is 0 Å². The van der Waals surface area contributed by atoms with Gasteiger partial charge in [-0.15, -0.1) is 0 Å². The van der Waals surface area contributed by atoms with Crippen molar-refractivity contribution in [2.75, 3.05) is 7.11 Å². The highest BCUT2D eigenvalue weighted by atomic mass is 79.9. The van der Waals surface area contributed by atoms with Crippen molar-refractivity contribution in [1.29, 1.82) is 0 Å². The summed E-state index contributed by atoms with van der Waals surface area (Å²) in [6.07, 6.45) is 10.4. The van der Waals surface area contributed by atoms with Crippen LogP contribution >= 0.6 is 15.9 Å². The molecule has 1 atom stereocenters. The molecule has 1 heterocycles. The van der Waals surface area contributed by atoms with Crippen molar-refractivity contribution in [2.24, 2.45) is 0 Å². The molecule has 0 bridgehead atoms. The van der Waals surface area contributed by atoms with Crippen LogP contribution in [-0.2, 0) is 6.42 Å². The van der Waals surface area contributed by atoms with E-state index in [1.54, 1.807) is 13.4 Å². The maximum absolute atomic E-state index is 5.10. The predicted molar refractivity (Wildman–Crippen MR) is 78.4 cm³/mol. The number of alkyl halides is 1. The molecule has 102 valence electrons. The van der Waals surface area contributed by atoms with Gasteiger partial charge in [0.15, 0.2) is 0 Å². The number of ether oxygens (including phenoxy) is 1. The minimum atomic E-state index is 0.499. The van der Waals surface area contributed by atoms with Gasteiger partial charge in [0, 0.05) is 23.0 Å². The van der Waals surface area contributed by atoms with Gasteiger partial charge in [-0.25, -0.2) is 9.97 Å². The fourth-order valence-corrected chi connectivity index (χ4v) is 2.55. The van der Waals surface area contributed by atoms with Crippen LogP contribution in [0, 0.1) is 0 Å². The average Bonchev–Trinajstić information content (AvgIpc) is 2.38. The quantitative estimate of drug-likeness (QED) is 0.507. The number of rotatable bonds is 9. The van der Waals surface area contributed by atoms with Crippen molar-refractivity contribution < 1.29 is 4.74 Å². The largest absolute Gasteiger partial charge is 0.481 e. The Balaban J connectivity index is 2.24. The van der Waals surface area contributed by atoms with Gasteiger partial charge < -0.3 is 4.74 Å². The number of hydrogen-bond donors (Lipinski definition) is 0. The molecule has 0 saturated carbocycles. The third kappa shape index (κ3) is 6.34. The van der Waals surface area contributed by atoms with E-state index in [2.05, 4.69) is 32.8 Å². The molecule has 1 rings (SSSR count). The highest BCUT2D eigenvalue weighted by Crippen LogP contribution is 2.17. The zero-order valence-corrected chi connectivity index (χ0v) is 12.9. The van der Waals surface area contributed by atoms with Crippen LogP contribution in [0.3, 0.4) is 0 Å². The Morgan fingerprint density at radius 1 is 1.22 bits per heavy atom. The number of unbranched alkanes of at least 4 members (excludes halogenated alkanes) is 4. The van der Waals surface area contributed by atoms with Gasteiger partial charge in [-0.05, 0) is 6.42 Å². The summed E-state index contributed by atoms with van der Waals surface area (Å²) < 4.78 is 5.10. The van der Waals surface area contributed by atoms with Crippen LogP contribution in [-0.4, -0.2) is 21.9 Å². The summed E-state index contributed by atoms with van der Waals surface area (Å²) in [5.74, 6) is 0.641. The molecule has 3 nitrogen and oxygen atoms in total. The molecule has 0 aliphatic carbocycles. The van der Waals surface area contributed by atoms with Crippen molar-refractivity contribution in [2.45, 2.75) is 56.7 Å². The van der Waals surface area contributed by atoms with Gasteiger partial charge >= 0.3 is 0 Å². The molecule has 4 heteroatoms. The zero-order valence-electron chi connectivity index (χ0n) is 11.4. The minimum Gasteiger partial charge on any atom is -0.481 e. The fraction of sp³-hybridized carbons (Fsp3) is 0.714. The average molecular weight is 315 g/mol. The molecular weight excluding hydrogens is 292 g/mol. The molecule has 0 fully saturated rings. The molecule has 0 saturated heterocycles. The lowest BCUT2D eigenvalue weighted by molar-refractivity contribution is 0.395. The molecule has 1 aromatic heterocycles. The molecule has 0 N–H and O–H groups in total. The monoisotopic (exact) mass is 314 g/mol. The van der Waals surface area contributed by atoms with Crippen molar-refractivity contribution in [3.8, 4) is 5.88 Å². The van der Waals surface area contributed by atoms with Crippen LogP contribution < -0.4 is 4.74 Å². The van der Waals surface area contributed by atoms with E-state index in [9.17, 15) is 0 Å². The number of halogens is 1. The molecule has 1 unspecified atom stereocenters. The Hall–Kier alpha value is -0.640. The summed E-state index contributed by atoms with van der Waals surface area (Å²) in [4.78, 5) is 8.78. The van der Waals surface area contributed by atoms with Gasteiger partial charge in [-0.2, -0.15) is 0 Å². The molecule has 0 aromatic carbocycles. The van der Waals surface area contributed by atoms with Gasteiger partial charge in [0.05, 0.1) is 7.11 Å². The number of aromatic nitrogens is 2. The topological polar surface area (TPSA) is 35.0 Å². The highest BCUT2D eigenvalue weighted by Gasteiger charge is 2.07. The van der Waals surface area contributed by atoms with Gasteiger partial charge in [-0.1, -0.05) is 55.0 Å². The lowest BCUT2D eigenvalue weighted by atomic mass is 10.1. The summed E-state index contributed by atoms with van der Waals surface area (Å²) >= 11 is 3.73. The van der Waals surface area contributed by atoms with E-state index in [4.69, 9.17) is 4.74 Å². The van der Waals surface area contributed by atoms with Crippen molar-refractivity contribution >= 4 is 15.9 Å². The third-order valence-electron chi connectivity index (χ3n) is 2.96. The lowest BCUT2D eigenvalue weighted by Crippen LogP contribution is -2.05. The molecule has 0 spiro atoms. The van der Waals surface area contributed by atoms with Gasteiger partial charge in [0.25, 0.3) is 0 Å². The second-order valence-corrected chi connectivity index (χ2v) is 5.85. The Morgan fingerprint density at radius 3 is 2.72 bits per heavy atom. The Labute approximate surface area is 119 Å². The third-order valence-corrected chi connectivity index (χ3v) is 3.74. The number of nitrogens with zero attached hydrogens (tertiary/aromatic N) is 2. The first kappa shape index (κ1) is 15.4. The number of methoxy groups -OCH3 is 1. The fourth-order valence-electron chi connectivity index (χ4n) is 1.90. The van der Waals surface area contributed by atoms with E-state index < -0.39 is 0 Å². The lowest BCUT2D eigenvalue weighted by Gasteiger charge is -2.09. The molecule has 18 heavy (non-hydrogen) atoms. The van der Waals surface area contributed by atoms with Gasteiger partial charge in [0.2, 0.25) is 5.88 Å². The Bertz CT molecular complexity index is 333. The van der Waals surface area contributed by atoms with Crippen LogP contribution in [0.4, 0.5) is 0 Å². The molecule has 0 amide bonds. The van der Waals surface area contributed by atoms with Crippen LogP contribution in [0.2, 0.25) is 0 Å². The summed E-state index contributed by atoms with van der Waals surface area (Å²) in [7, 11) is 1.63. The first-order chi connectivity index (χ1) is 8.76. The normalized spacial score (nSPS) is 12.4. The van der Waals surface area contributed by atoms with Gasteiger partial charge in [-0.3, -0.25) is 0 Å². The standard InChI is InChI=1S/C14H23BrN2O/c1-3-4-5-6-7-8-12(15)9-13-10-14(18-2)17-11-16-13/h10-12H,3-9H2,1-2H3. The summed E-state index contributed by atoms with van der Waals surface area (Å²) in [6, 6.07) is 1.91.